The van der Waals surface area contributed by atoms with Crippen molar-refractivity contribution in [1.82, 2.24) is 4.90 Å². The zero-order valence-corrected chi connectivity index (χ0v) is 11.2. The van der Waals surface area contributed by atoms with Crippen LogP contribution in [0.1, 0.15) is 5.56 Å². The molecule has 1 aliphatic rings. The minimum Gasteiger partial charge on any atom is -0.395 e. The van der Waals surface area contributed by atoms with Gasteiger partial charge in [-0.2, -0.15) is 0 Å². The van der Waals surface area contributed by atoms with Gasteiger partial charge in [-0.3, -0.25) is 24.6 Å². The maximum absolute atomic E-state index is 12.0. The number of nitro benzene ring substituents is 1. The van der Waals surface area contributed by atoms with Crippen molar-refractivity contribution in [3.05, 3.63) is 45.6 Å². The second-order valence-electron chi connectivity index (χ2n) is 4.46. The van der Waals surface area contributed by atoms with Crippen molar-refractivity contribution in [2.45, 2.75) is 6.92 Å². The maximum Gasteiger partial charge on any atom is 0.277 e. The fourth-order valence-electron chi connectivity index (χ4n) is 1.91. The summed E-state index contributed by atoms with van der Waals surface area (Å²) < 4.78 is 0. The molecule has 1 aromatic carbocycles. The molecule has 0 bridgehead atoms. The van der Waals surface area contributed by atoms with Gasteiger partial charge in [-0.15, -0.1) is 0 Å². The summed E-state index contributed by atoms with van der Waals surface area (Å²) in [6, 6.07) is 4.20. The number of rotatable bonds is 5. The summed E-state index contributed by atoms with van der Waals surface area (Å²) in [6.07, 6.45) is 1.11. The first-order chi connectivity index (χ1) is 9.93. The first-order valence-electron chi connectivity index (χ1n) is 6.14. The van der Waals surface area contributed by atoms with Crippen LogP contribution in [0.5, 0.6) is 0 Å². The molecule has 0 saturated heterocycles. The molecule has 2 rings (SSSR count). The molecule has 110 valence electrons. The van der Waals surface area contributed by atoms with E-state index in [1.807, 2.05) is 0 Å². The predicted octanol–water partition coefficient (Wildman–Crippen LogP) is 0.560. The zero-order valence-electron chi connectivity index (χ0n) is 11.2. The number of nitrogens with zero attached hydrogens (tertiary/aromatic N) is 2. The normalized spacial score (nSPS) is 14.4. The first-order valence-corrected chi connectivity index (χ1v) is 6.14. The Morgan fingerprint density at radius 1 is 1.38 bits per heavy atom. The molecule has 0 unspecified atom stereocenters. The summed E-state index contributed by atoms with van der Waals surface area (Å²) in [4.78, 5) is 34.7. The predicted molar refractivity (Wildman–Crippen MR) is 73.3 cm³/mol. The number of carbonyl (C=O) groups excluding carboxylic acids is 2. The summed E-state index contributed by atoms with van der Waals surface area (Å²) in [6.45, 7) is 1.31. The van der Waals surface area contributed by atoms with Gasteiger partial charge in [0, 0.05) is 23.9 Å². The van der Waals surface area contributed by atoms with Crippen LogP contribution < -0.4 is 5.32 Å². The number of aryl methyl sites for hydroxylation is 1. The van der Waals surface area contributed by atoms with Crippen LogP contribution in [0.2, 0.25) is 0 Å². The van der Waals surface area contributed by atoms with Crippen LogP contribution in [-0.4, -0.2) is 39.9 Å². The topological polar surface area (TPSA) is 113 Å². The highest BCUT2D eigenvalue weighted by molar-refractivity contribution is 6.17. The van der Waals surface area contributed by atoms with Gasteiger partial charge >= 0.3 is 0 Å². The maximum atomic E-state index is 12.0. The Morgan fingerprint density at radius 3 is 2.71 bits per heavy atom. The van der Waals surface area contributed by atoms with Crippen molar-refractivity contribution in [1.29, 1.82) is 0 Å². The molecule has 1 aromatic rings. The van der Waals surface area contributed by atoms with E-state index in [1.165, 1.54) is 12.1 Å². The molecule has 0 aliphatic carbocycles. The number of nitro groups is 1. The van der Waals surface area contributed by atoms with Crippen LogP contribution in [0.25, 0.3) is 0 Å². The number of β-amino-alcohol motifs (C(OH)–C–C–N with tert-alkyl or cyclic N) is 1. The highest BCUT2D eigenvalue weighted by Gasteiger charge is 2.30. The fraction of sp³-hybridized carbons (Fsp3) is 0.231. The van der Waals surface area contributed by atoms with E-state index in [0.717, 1.165) is 11.0 Å². The lowest BCUT2D eigenvalue weighted by atomic mass is 10.1. The lowest BCUT2D eigenvalue weighted by Gasteiger charge is -2.14. The SMILES string of the molecule is Cc1ccc([N+](=O)[O-])cc1NC1=CC(=O)N(CCO)C1=O. The van der Waals surface area contributed by atoms with E-state index >= 15 is 0 Å². The van der Waals surface area contributed by atoms with Crippen molar-refractivity contribution >= 4 is 23.2 Å². The number of carbonyl (C=O) groups is 2. The second kappa shape index (κ2) is 5.71. The molecule has 2 amide bonds. The second-order valence-corrected chi connectivity index (χ2v) is 4.46. The molecule has 8 nitrogen and oxygen atoms in total. The van der Waals surface area contributed by atoms with Gasteiger partial charge in [0.15, 0.2) is 0 Å². The molecule has 0 radical (unpaired) electrons. The standard InChI is InChI=1S/C13H13N3O5/c1-8-2-3-9(16(20)21)6-10(8)14-11-7-12(18)15(4-5-17)13(11)19/h2-3,6-7,14,17H,4-5H2,1H3. The smallest absolute Gasteiger partial charge is 0.277 e. The van der Waals surface area contributed by atoms with Crippen LogP contribution in [0.3, 0.4) is 0 Å². The van der Waals surface area contributed by atoms with E-state index < -0.39 is 16.7 Å². The molecule has 0 fully saturated rings. The van der Waals surface area contributed by atoms with Crippen molar-refractivity contribution in [3.63, 3.8) is 0 Å². The van der Waals surface area contributed by atoms with E-state index in [-0.39, 0.29) is 24.5 Å². The number of hydrogen-bond donors (Lipinski definition) is 2. The number of imide groups is 1. The Hall–Kier alpha value is -2.74. The number of aliphatic hydroxyl groups is 1. The van der Waals surface area contributed by atoms with Gasteiger partial charge in [0.05, 0.1) is 18.1 Å². The summed E-state index contributed by atoms with van der Waals surface area (Å²) in [5.41, 5.74) is 0.981. The summed E-state index contributed by atoms with van der Waals surface area (Å²) in [7, 11) is 0. The molecule has 21 heavy (non-hydrogen) atoms. The number of hydrogen-bond acceptors (Lipinski definition) is 6. The zero-order chi connectivity index (χ0) is 15.6. The quantitative estimate of drug-likeness (QED) is 0.465. The van der Waals surface area contributed by atoms with Crippen molar-refractivity contribution < 1.29 is 19.6 Å². The Kier molecular flexibility index (Phi) is 3.99. The number of benzene rings is 1. The number of non-ortho nitro benzene ring substituents is 1. The van der Waals surface area contributed by atoms with E-state index in [2.05, 4.69) is 5.32 Å². The number of amides is 2. The van der Waals surface area contributed by atoms with Crippen LogP contribution in [-0.2, 0) is 9.59 Å². The fourth-order valence-corrected chi connectivity index (χ4v) is 1.91. The molecule has 0 aromatic heterocycles. The highest BCUT2D eigenvalue weighted by atomic mass is 16.6. The van der Waals surface area contributed by atoms with Crippen molar-refractivity contribution in [3.8, 4) is 0 Å². The minimum atomic E-state index is -0.569. The van der Waals surface area contributed by atoms with Gasteiger partial charge < -0.3 is 10.4 Å². The Bertz CT molecular complexity index is 653. The summed E-state index contributed by atoms with van der Waals surface area (Å²) >= 11 is 0. The number of aliphatic hydroxyl groups excluding tert-OH is 1. The Morgan fingerprint density at radius 2 is 2.10 bits per heavy atom. The lowest BCUT2D eigenvalue weighted by Crippen LogP contribution is -2.34. The number of anilines is 1. The van der Waals surface area contributed by atoms with Gasteiger partial charge in [0.2, 0.25) is 0 Å². The lowest BCUT2D eigenvalue weighted by molar-refractivity contribution is -0.384. The molecule has 2 N–H and O–H groups in total. The van der Waals surface area contributed by atoms with Crippen LogP contribution in [0.4, 0.5) is 11.4 Å². The average Bonchev–Trinajstić information content (AvgIpc) is 2.69. The molecule has 0 saturated carbocycles. The van der Waals surface area contributed by atoms with Crippen LogP contribution in [0, 0.1) is 17.0 Å². The molecule has 1 aliphatic heterocycles. The molecular weight excluding hydrogens is 278 g/mol. The summed E-state index contributed by atoms with van der Waals surface area (Å²) in [5.74, 6) is -1.10. The van der Waals surface area contributed by atoms with E-state index in [4.69, 9.17) is 5.11 Å². The number of nitrogens with one attached hydrogen (secondary N) is 1. The van der Waals surface area contributed by atoms with E-state index in [1.54, 1.807) is 13.0 Å². The molecule has 0 spiro atoms. The third-order valence-corrected chi connectivity index (χ3v) is 3.03. The van der Waals surface area contributed by atoms with Gasteiger partial charge in [-0.05, 0) is 12.5 Å². The van der Waals surface area contributed by atoms with Crippen LogP contribution >= 0.6 is 0 Å². The van der Waals surface area contributed by atoms with E-state index in [0.29, 0.717) is 11.3 Å². The minimum absolute atomic E-state index is 0.0250. The van der Waals surface area contributed by atoms with Crippen LogP contribution in [0.15, 0.2) is 30.0 Å². The third kappa shape index (κ3) is 2.90. The molecule has 8 heteroatoms. The Labute approximate surface area is 119 Å². The monoisotopic (exact) mass is 291 g/mol. The third-order valence-electron chi connectivity index (χ3n) is 3.03. The molecule has 0 atom stereocenters. The Balaban J connectivity index is 2.25. The van der Waals surface area contributed by atoms with Gasteiger partial charge in [0.1, 0.15) is 5.70 Å². The highest BCUT2D eigenvalue weighted by Crippen LogP contribution is 2.24. The summed E-state index contributed by atoms with van der Waals surface area (Å²) in [5, 5.41) is 22.3. The first kappa shape index (κ1) is 14.7. The molecule has 1 heterocycles. The largest absolute Gasteiger partial charge is 0.395 e. The van der Waals surface area contributed by atoms with Gasteiger partial charge in [0.25, 0.3) is 17.5 Å². The molecular formula is C13H13N3O5. The van der Waals surface area contributed by atoms with Crippen molar-refractivity contribution in [2.24, 2.45) is 0 Å². The average molecular weight is 291 g/mol. The van der Waals surface area contributed by atoms with Gasteiger partial charge in [-0.1, -0.05) is 6.07 Å². The van der Waals surface area contributed by atoms with E-state index in [9.17, 15) is 19.7 Å². The van der Waals surface area contributed by atoms with Gasteiger partial charge in [-0.25, -0.2) is 0 Å². The van der Waals surface area contributed by atoms with Crippen molar-refractivity contribution in [2.75, 3.05) is 18.5 Å².